The first-order chi connectivity index (χ1) is 8.79. The van der Waals surface area contributed by atoms with E-state index in [1.807, 2.05) is 11.3 Å². The van der Waals surface area contributed by atoms with Crippen LogP contribution in [-0.4, -0.2) is 29.5 Å². The third kappa shape index (κ3) is 4.04. The van der Waals surface area contributed by atoms with E-state index in [0.717, 1.165) is 19.6 Å². The van der Waals surface area contributed by atoms with Gasteiger partial charge in [-0.3, -0.25) is 4.90 Å². The zero-order chi connectivity index (χ0) is 12.8. The monoisotopic (exact) mass is 267 g/mol. The highest BCUT2D eigenvalue weighted by molar-refractivity contribution is 7.11. The molecule has 1 N–H and O–H groups in total. The van der Waals surface area contributed by atoms with Gasteiger partial charge in [-0.2, -0.15) is 0 Å². The van der Waals surface area contributed by atoms with Crippen molar-refractivity contribution in [3.8, 4) is 0 Å². The maximum absolute atomic E-state index is 4.71. The number of aromatic nitrogens is 1. The van der Waals surface area contributed by atoms with Crippen LogP contribution in [0.1, 0.15) is 48.2 Å². The van der Waals surface area contributed by atoms with Crippen LogP contribution >= 0.6 is 11.3 Å². The Morgan fingerprint density at radius 2 is 2.11 bits per heavy atom. The number of unbranched alkanes of at least 4 members (excludes halogenated alkanes) is 1. The lowest BCUT2D eigenvalue weighted by molar-refractivity contribution is 0.330. The standard InChI is InChI=1S/C14H25N3S/c1-3-4-7-15-10-13-12(2)16-14(18-13)11-17-8-5-6-9-17/h15H,3-11H2,1-2H3. The number of hydrogen-bond acceptors (Lipinski definition) is 4. The van der Waals surface area contributed by atoms with Gasteiger partial charge in [-0.05, 0) is 45.8 Å². The fraction of sp³-hybridized carbons (Fsp3) is 0.786. The highest BCUT2D eigenvalue weighted by Gasteiger charge is 2.15. The van der Waals surface area contributed by atoms with Gasteiger partial charge in [0.2, 0.25) is 0 Å². The summed E-state index contributed by atoms with van der Waals surface area (Å²) in [6.07, 6.45) is 5.24. The maximum atomic E-state index is 4.71. The number of nitrogens with zero attached hydrogens (tertiary/aromatic N) is 2. The molecule has 0 aliphatic carbocycles. The van der Waals surface area contributed by atoms with E-state index in [4.69, 9.17) is 4.98 Å². The highest BCUT2D eigenvalue weighted by Crippen LogP contribution is 2.21. The molecule has 1 aliphatic rings. The molecule has 4 heteroatoms. The van der Waals surface area contributed by atoms with Crippen molar-refractivity contribution in [2.24, 2.45) is 0 Å². The van der Waals surface area contributed by atoms with Crippen molar-refractivity contribution in [1.29, 1.82) is 0 Å². The van der Waals surface area contributed by atoms with Crippen LogP contribution in [0, 0.1) is 6.92 Å². The molecular weight excluding hydrogens is 242 g/mol. The first kappa shape index (κ1) is 14.0. The molecule has 1 fully saturated rings. The molecule has 2 heterocycles. The predicted octanol–water partition coefficient (Wildman–Crippen LogP) is 2.94. The molecule has 3 nitrogen and oxygen atoms in total. The van der Waals surface area contributed by atoms with E-state index in [1.165, 1.54) is 54.4 Å². The molecule has 0 spiro atoms. The van der Waals surface area contributed by atoms with Crippen molar-refractivity contribution in [2.75, 3.05) is 19.6 Å². The van der Waals surface area contributed by atoms with Crippen LogP contribution in [0.25, 0.3) is 0 Å². The topological polar surface area (TPSA) is 28.2 Å². The molecule has 1 aliphatic heterocycles. The Morgan fingerprint density at radius 1 is 1.33 bits per heavy atom. The van der Waals surface area contributed by atoms with Gasteiger partial charge in [-0.25, -0.2) is 4.98 Å². The van der Waals surface area contributed by atoms with Gasteiger partial charge in [-0.1, -0.05) is 13.3 Å². The van der Waals surface area contributed by atoms with E-state index >= 15 is 0 Å². The zero-order valence-corrected chi connectivity index (χ0v) is 12.5. The van der Waals surface area contributed by atoms with Crippen LogP contribution in [0.4, 0.5) is 0 Å². The molecule has 1 aromatic rings. The minimum Gasteiger partial charge on any atom is -0.312 e. The van der Waals surface area contributed by atoms with Gasteiger partial charge in [0.25, 0.3) is 0 Å². The predicted molar refractivity (Wildman–Crippen MR) is 78.0 cm³/mol. The summed E-state index contributed by atoms with van der Waals surface area (Å²) < 4.78 is 0. The maximum Gasteiger partial charge on any atom is 0.107 e. The summed E-state index contributed by atoms with van der Waals surface area (Å²) in [6, 6.07) is 0. The van der Waals surface area contributed by atoms with Gasteiger partial charge in [0.1, 0.15) is 5.01 Å². The van der Waals surface area contributed by atoms with E-state index in [2.05, 4.69) is 24.1 Å². The third-order valence-electron chi connectivity index (χ3n) is 3.49. The fourth-order valence-electron chi connectivity index (χ4n) is 2.36. The van der Waals surface area contributed by atoms with Crippen LogP contribution in [-0.2, 0) is 13.1 Å². The van der Waals surface area contributed by atoms with Crippen molar-refractivity contribution in [1.82, 2.24) is 15.2 Å². The summed E-state index contributed by atoms with van der Waals surface area (Å²) in [5.74, 6) is 0. The lowest BCUT2D eigenvalue weighted by Gasteiger charge is -2.11. The number of nitrogens with one attached hydrogen (secondary N) is 1. The summed E-state index contributed by atoms with van der Waals surface area (Å²) >= 11 is 1.89. The summed E-state index contributed by atoms with van der Waals surface area (Å²) in [6.45, 7) is 10.0. The van der Waals surface area contributed by atoms with Crippen LogP contribution in [0.2, 0.25) is 0 Å². The fourth-order valence-corrected chi connectivity index (χ4v) is 3.44. The molecule has 1 saturated heterocycles. The van der Waals surface area contributed by atoms with E-state index in [0.29, 0.717) is 0 Å². The Labute approximate surface area is 115 Å². The molecule has 0 unspecified atom stereocenters. The average molecular weight is 267 g/mol. The van der Waals surface area contributed by atoms with Gasteiger partial charge >= 0.3 is 0 Å². The number of hydrogen-bond donors (Lipinski definition) is 1. The van der Waals surface area contributed by atoms with E-state index in [9.17, 15) is 0 Å². The highest BCUT2D eigenvalue weighted by atomic mass is 32.1. The lowest BCUT2D eigenvalue weighted by atomic mass is 10.3. The molecule has 1 aromatic heterocycles. The molecule has 0 amide bonds. The van der Waals surface area contributed by atoms with Gasteiger partial charge < -0.3 is 5.32 Å². The molecule has 0 radical (unpaired) electrons. The smallest absolute Gasteiger partial charge is 0.107 e. The first-order valence-corrected chi connectivity index (χ1v) is 7.99. The summed E-state index contributed by atoms with van der Waals surface area (Å²) in [5.41, 5.74) is 1.22. The molecular formula is C14H25N3S. The van der Waals surface area contributed by atoms with E-state index in [-0.39, 0.29) is 0 Å². The lowest BCUT2D eigenvalue weighted by Crippen LogP contribution is -2.18. The van der Waals surface area contributed by atoms with Crippen LogP contribution < -0.4 is 5.32 Å². The molecule has 0 saturated carbocycles. The SMILES string of the molecule is CCCCNCc1sc(CN2CCCC2)nc1C. The van der Waals surface area contributed by atoms with Gasteiger partial charge in [0.05, 0.1) is 12.2 Å². The number of likely N-dealkylation sites (tertiary alicyclic amines) is 1. The quantitative estimate of drug-likeness (QED) is 0.770. The second-order valence-corrected chi connectivity index (χ2v) is 6.30. The van der Waals surface area contributed by atoms with E-state index < -0.39 is 0 Å². The molecule has 0 bridgehead atoms. The number of thiazole rings is 1. The number of rotatable bonds is 7. The van der Waals surface area contributed by atoms with Crippen LogP contribution in [0.5, 0.6) is 0 Å². The molecule has 18 heavy (non-hydrogen) atoms. The van der Waals surface area contributed by atoms with Crippen molar-refractivity contribution >= 4 is 11.3 Å². The second-order valence-electron chi connectivity index (χ2n) is 5.13. The molecule has 0 aromatic carbocycles. The zero-order valence-electron chi connectivity index (χ0n) is 11.7. The first-order valence-electron chi connectivity index (χ1n) is 7.18. The van der Waals surface area contributed by atoms with Gasteiger partial charge in [0.15, 0.2) is 0 Å². The Balaban J connectivity index is 1.81. The Hall–Kier alpha value is -0.450. The van der Waals surface area contributed by atoms with Crippen molar-refractivity contribution in [3.63, 3.8) is 0 Å². The Bertz CT molecular complexity index is 356. The minimum absolute atomic E-state index is 0.990. The molecule has 2 rings (SSSR count). The summed E-state index contributed by atoms with van der Waals surface area (Å²) in [7, 11) is 0. The summed E-state index contributed by atoms with van der Waals surface area (Å²) in [5, 5.41) is 4.80. The normalized spacial score (nSPS) is 16.6. The van der Waals surface area contributed by atoms with E-state index in [1.54, 1.807) is 0 Å². The van der Waals surface area contributed by atoms with Gasteiger partial charge in [-0.15, -0.1) is 11.3 Å². The van der Waals surface area contributed by atoms with Crippen molar-refractivity contribution < 1.29 is 0 Å². The molecule has 102 valence electrons. The second kappa shape index (κ2) is 7.22. The van der Waals surface area contributed by atoms with Crippen LogP contribution in [0.15, 0.2) is 0 Å². The number of aryl methyl sites for hydroxylation is 1. The Kier molecular flexibility index (Phi) is 5.60. The van der Waals surface area contributed by atoms with Crippen LogP contribution in [0.3, 0.4) is 0 Å². The molecule has 0 atom stereocenters. The third-order valence-corrected chi connectivity index (χ3v) is 4.63. The summed E-state index contributed by atoms with van der Waals surface area (Å²) in [4.78, 5) is 8.65. The largest absolute Gasteiger partial charge is 0.312 e. The minimum atomic E-state index is 0.990. The van der Waals surface area contributed by atoms with Crippen molar-refractivity contribution in [3.05, 3.63) is 15.6 Å². The van der Waals surface area contributed by atoms with Crippen molar-refractivity contribution in [2.45, 2.75) is 52.6 Å². The Morgan fingerprint density at radius 3 is 2.83 bits per heavy atom. The average Bonchev–Trinajstić information content (AvgIpc) is 2.96. The van der Waals surface area contributed by atoms with Gasteiger partial charge in [0, 0.05) is 11.4 Å².